The summed E-state index contributed by atoms with van der Waals surface area (Å²) in [5, 5.41) is 9.06. The van der Waals surface area contributed by atoms with E-state index in [-0.39, 0.29) is 5.75 Å². The highest BCUT2D eigenvalue weighted by molar-refractivity contribution is 9.11. The smallest absolute Gasteiger partial charge is 0.117 e. The molecule has 0 aromatic heterocycles. The maximum Gasteiger partial charge on any atom is 0.117 e. The summed E-state index contributed by atoms with van der Waals surface area (Å²) in [7, 11) is 0. The molecule has 0 aliphatic heterocycles. The van der Waals surface area contributed by atoms with Gasteiger partial charge in [0.1, 0.15) is 5.75 Å². The third kappa shape index (κ3) is 3.15. The van der Waals surface area contributed by atoms with Crippen molar-refractivity contribution in [2.45, 2.75) is 20.8 Å². The molecule has 0 aliphatic carbocycles. The fourth-order valence-corrected chi connectivity index (χ4v) is 1.79. The second-order valence-corrected chi connectivity index (χ2v) is 3.74. The summed E-state index contributed by atoms with van der Waals surface area (Å²) in [6.07, 6.45) is 0. The molecule has 0 fully saturated rings. The fraction of sp³-hybridized carbons (Fsp3) is 0.333. The van der Waals surface area contributed by atoms with Gasteiger partial charge in [0.05, 0.1) is 0 Å². The highest BCUT2D eigenvalue weighted by atomic mass is 79.9. The molecule has 0 amide bonds. The number of hydrogen-bond donors (Lipinski definition) is 1. The molecule has 1 rings (SSSR count). The van der Waals surface area contributed by atoms with Crippen LogP contribution in [-0.2, 0) is 0 Å². The minimum absolute atomic E-state index is 0.268. The first-order valence-corrected chi connectivity index (χ1v) is 5.34. The number of aromatic hydroxyl groups is 1. The number of hydrogen-bond acceptors (Lipinski definition) is 1. The number of rotatable bonds is 0. The molecular formula is C9H12Br2O. The maximum atomic E-state index is 9.06. The lowest BCUT2D eigenvalue weighted by atomic mass is 10.2. The van der Waals surface area contributed by atoms with E-state index in [1.807, 2.05) is 20.8 Å². The molecule has 0 heterocycles. The van der Waals surface area contributed by atoms with Crippen LogP contribution in [0.1, 0.15) is 19.4 Å². The normalized spacial score (nSPS) is 8.75. The predicted octanol–water partition coefficient (Wildman–Crippen LogP) is 4.25. The van der Waals surface area contributed by atoms with Crippen LogP contribution in [0.25, 0.3) is 0 Å². The molecule has 1 nitrogen and oxygen atoms in total. The van der Waals surface area contributed by atoms with Crippen molar-refractivity contribution in [3.8, 4) is 5.75 Å². The molecule has 0 spiro atoms. The van der Waals surface area contributed by atoms with Gasteiger partial charge in [0.25, 0.3) is 0 Å². The zero-order chi connectivity index (χ0) is 9.72. The van der Waals surface area contributed by atoms with E-state index >= 15 is 0 Å². The first kappa shape index (κ1) is 12.0. The van der Waals surface area contributed by atoms with Crippen LogP contribution in [0.3, 0.4) is 0 Å². The quantitative estimate of drug-likeness (QED) is 0.758. The summed E-state index contributed by atoms with van der Waals surface area (Å²) in [4.78, 5) is 0. The number of phenolic OH excluding ortho intramolecular Hbond substituents is 1. The van der Waals surface area contributed by atoms with Gasteiger partial charge in [0.15, 0.2) is 0 Å². The third-order valence-electron chi connectivity index (χ3n) is 1.27. The largest absolute Gasteiger partial charge is 0.508 e. The molecule has 0 bridgehead atoms. The van der Waals surface area contributed by atoms with Crippen LogP contribution in [-0.4, -0.2) is 5.11 Å². The summed E-state index contributed by atoms with van der Waals surface area (Å²) in [5.41, 5.74) is 1.10. The van der Waals surface area contributed by atoms with Crippen molar-refractivity contribution >= 4 is 31.9 Å². The van der Waals surface area contributed by atoms with Gasteiger partial charge in [-0.1, -0.05) is 45.7 Å². The molecular weight excluding hydrogens is 284 g/mol. The van der Waals surface area contributed by atoms with E-state index in [0.29, 0.717) is 0 Å². The van der Waals surface area contributed by atoms with Crippen LogP contribution in [0.4, 0.5) is 0 Å². The van der Waals surface area contributed by atoms with E-state index in [1.165, 1.54) is 0 Å². The van der Waals surface area contributed by atoms with E-state index in [0.717, 1.165) is 14.5 Å². The molecule has 3 heteroatoms. The zero-order valence-corrected chi connectivity index (χ0v) is 10.5. The lowest BCUT2D eigenvalue weighted by Crippen LogP contribution is -1.76. The number of phenols is 1. The van der Waals surface area contributed by atoms with Crippen LogP contribution in [0, 0.1) is 6.92 Å². The Labute approximate surface area is 90.1 Å². The first-order chi connectivity index (χ1) is 5.61. The standard InChI is InChI=1S/C7H6Br2O.C2H6/c1-4-6(8)2-5(10)3-7(4)9;1-2/h2-3,10H,1H3;1-2H3. The van der Waals surface area contributed by atoms with Crippen LogP contribution >= 0.6 is 31.9 Å². The van der Waals surface area contributed by atoms with Gasteiger partial charge in [-0.2, -0.15) is 0 Å². The second kappa shape index (κ2) is 5.60. The Morgan fingerprint density at radius 1 is 1.08 bits per heavy atom. The minimum atomic E-state index is 0.268. The molecule has 0 radical (unpaired) electrons. The van der Waals surface area contributed by atoms with Crippen LogP contribution in [0.2, 0.25) is 0 Å². The van der Waals surface area contributed by atoms with Crippen molar-refractivity contribution in [3.05, 3.63) is 26.6 Å². The van der Waals surface area contributed by atoms with Gasteiger partial charge in [-0.3, -0.25) is 0 Å². The molecule has 1 aromatic rings. The van der Waals surface area contributed by atoms with E-state index in [1.54, 1.807) is 12.1 Å². The lowest BCUT2D eigenvalue weighted by molar-refractivity contribution is 0.474. The second-order valence-electron chi connectivity index (χ2n) is 2.03. The fourth-order valence-electron chi connectivity index (χ4n) is 0.632. The SMILES string of the molecule is CC.Cc1c(Br)cc(O)cc1Br. The average Bonchev–Trinajstić information content (AvgIpc) is 2.04. The van der Waals surface area contributed by atoms with Crippen LogP contribution in [0.15, 0.2) is 21.1 Å². The van der Waals surface area contributed by atoms with Gasteiger partial charge in [-0.05, 0) is 24.6 Å². The Hall–Kier alpha value is -0.0200. The van der Waals surface area contributed by atoms with Gasteiger partial charge in [-0.25, -0.2) is 0 Å². The number of benzene rings is 1. The van der Waals surface area contributed by atoms with Crippen molar-refractivity contribution in [2.24, 2.45) is 0 Å². The van der Waals surface area contributed by atoms with E-state index < -0.39 is 0 Å². The average molecular weight is 296 g/mol. The Balaban J connectivity index is 0.000000561. The Kier molecular flexibility index (Phi) is 5.59. The third-order valence-corrected chi connectivity index (χ3v) is 2.91. The monoisotopic (exact) mass is 294 g/mol. The molecule has 0 unspecified atom stereocenters. The van der Waals surface area contributed by atoms with Gasteiger partial charge < -0.3 is 5.11 Å². The molecule has 68 valence electrons. The van der Waals surface area contributed by atoms with E-state index in [2.05, 4.69) is 31.9 Å². The van der Waals surface area contributed by atoms with Crippen LogP contribution in [0.5, 0.6) is 5.75 Å². The minimum Gasteiger partial charge on any atom is -0.508 e. The zero-order valence-electron chi connectivity index (χ0n) is 7.36. The van der Waals surface area contributed by atoms with E-state index in [9.17, 15) is 0 Å². The Morgan fingerprint density at radius 2 is 1.42 bits per heavy atom. The predicted molar refractivity (Wildman–Crippen MR) is 59.6 cm³/mol. The van der Waals surface area contributed by atoms with Gasteiger partial charge >= 0.3 is 0 Å². The summed E-state index contributed by atoms with van der Waals surface area (Å²) < 4.78 is 1.83. The maximum absolute atomic E-state index is 9.06. The Bertz CT molecular complexity index is 236. The highest BCUT2D eigenvalue weighted by Gasteiger charge is 2.00. The van der Waals surface area contributed by atoms with Crippen molar-refractivity contribution in [1.29, 1.82) is 0 Å². The summed E-state index contributed by atoms with van der Waals surface area (Å²) >= 11 is 6.61. The summed E-state index contributed by atoms with van der Waals surface area (Å²) in [6, 6.07) is 3.33. The molecule has 0 aliphatic rings. The van der Waals surface area contributed by atoms with Crippen molar-refractivity contribution in [2.75, 3.05) is 0 Å². The van der Waals surface area contributed by atoms with Crippen molar-refractivity contribution in [3.63, 3.8) is 0 Å². The van der Waals surface area contributed by atoms with Gasteiger partial charge in [0, 0.05) is 8.95 Å². The van der Waals surface area contributed by atoms with Crippen molar-refractivity contribution in [1.82, 2.24) is 0 Å². The van der Waals surface area contributed by atoms with E-state index in [4.69, 9.17) is 5.11 Å². The molecule has 1 N–H and O–H groups in total. The van der Waals surface area contributed by atoms with Crippen LogP contribution < -0.4 is 0 Å². The Morgan fingerprint density at radius 3 is 1.75 bits per heavy atom. The highest BCUT2D eigenvalue weighted by Crippen LogP contribution is 2.28. The summed E-state index contributed by atoms with van der Waals surface area (Å²) in [6.45, 7) is 5.97. The summed E-state index contributed by atoms with van der Waals surface area (Å²) in [5.74, 6) is 0.268. The molecule has 1 aromatic carbocycles. The number of halogens is 2. The first-order valence-electron chi connectivity index (χ1n) is 3.76. The van der Waals surface area contributed by atoms with Crippen molar-refractivity contribution < 1.29 is 5.11 Å². The molecule has 0 atom stereocenters. The molecule has 0 saturated carbocycles. The topological polar surface area (TPSA) is 20.2 Å². The lowest BCUT2D eigenvalue weighted by Gasteiger charge is -2.00. The van der Waals surface area contributed by atoms with Gasteiger partial charge in [-0.15, -0.1) is 0 Å². The molecule has 12 heavy (non-hydrogen) atoms. The molecule has 0 saturated heterocycles. The van der Waals surface area contributed by atoms with Gasteiger partial charge in [0.2, 0.25) is 0 Å².